The maximum atomic E-state index is 9.09. The lowest BCUT2D eigenvalue weighted by Gasteiger charge is -2.21. The lowest BCUT2D eigenvalue weighted by Crippen LogP contribution is -2.25. The van der Waals surface area contributed by atoms with Gasteiger partial charge in [0.25, 0.3) is 0 Å². The Morgan fingerprint density at radius 2 is 1.29 bits per heavy atom. The van der Waals surface area contributed by atoms with E-state index in [1.165, 1.54) is 0 Å². The van der Waals surface area contributed by atoms with E-state index in [4.69, 9.17) is 10.2 Å². The van der Waals surface area contributed by atoms with Crippen LogP contribution in [-0.4, -0.2) is 22.4 Å². The van der Waals surface area contributed by atoms with Crippen molar-refractivity contribution in [2.24, 2.45) is 11.3 Å². The third kappa shape index (κ3) is 14.4. The van der Waals surface area contributed by atoms with Gasteiger partial charge in [-0.3, -0.25) is 0 Å². The summed E-state index contributed by atoms with van der Waals surface area (Å²) in [6.07, 6.45) is 0.896. The Balaban J connectivity index is 0. The highest BCUT2D eigenvalue weighted by molar-refractivity contribution is 4.68. The molecular formula is C12H28O2. The number of hydrogen-bond acceptors (Lipinski definition) is 2. The molecule has 14 heavy (non-hydrogen) atoms. The van der Waals surface area contributed by atoms with E-state index in [2.05, 4.69) is 20.8 Å². The Hall–Kier alpha value is -0.0800. The Morgan fingerprint density at radius 1 is 1.00 bits per heavy atom. The number of rotatable bonds is 2. The van der Waals surface area contributed by atoms with E-state index in [1.807, 2.05) is 27.7 Å². The van der Waals surface area contributed by atoms with E-state index in [1.54, 1.807) is 0 Å². The van der Waals surface area contributed by atoms with Gasteiger partial charge in [0.2, 0.25) is 0 Å². The highest BCUT2D eigenvalue weighted by Gasteiger charge is 2.16. The van der Waals surface area contributed by atoms with Crippen LogP contribution in [0.3, 0.4) is 0 Å². The molecular weight excluding hydrogens is 176 g/mol. The van der Waals surface area contributed by atoms with E-state index in [9.17, 15) is 0 Å². The maximum Gasteiger partial charge on any atom is 0.0614 e. The Labute approximate surface area is 89.3 Å². The lowest BCUT2D eigenvalue weighted by atomic mass is 9.93. The number of aliphatic hydroxyl groups excluding tert-OH is 1. The average molecular weight is 204 g/mol. The second kappa shape index (κ2) is 6.41. The molecule has 0 aromatic heterocycles. The van der Waals surface area contributed by atoms with Crippen molar-refractivity contribution in [2.45, 2.75) is 60.5 Å². The molecule has 0 aliphatic carbocycles. The fraction of sp³-hybridized carbons (Fsp3) is 1.00. The molecule has 0 aliphatic heterocycles. The maximum absolute atomic E-state index is 9.09. The van der Waals surface area contributed by atoms with Gasteiger partial charge in [0, 0.05) is 6.61 Å². The van der Waals surface area contributed by atoms with Crippen molar-refractivity contribution in [3.8, 4) is 0 Å². The third-order valence-electron chi connectivity index (χ3n) is 2.27. The summed E-state index contributed by atoms with van der Waals surface area (Å²) in [6, 6.07) is 0. The first kappa shape index (κ1) is 16.4. The van der Waals surface area contributed by atoms with Crippen LogP contribution in [0.2, 0.25) is 0 Å². The van der Waals surface area contributed by atoms with Crippen LogP contribution in [0.25, 0.3) is 0 Å². The highest BCUT2D eigenvalue weighted by Crippen LogP contribution is 2.16. The van der Waals surface area contributed by atoms with Gasteiger partial charge in [-0.15, -0.1) is 0 Å². The molecule has 0 amide bonds. The minimum atomic E-state index is -0.500. The van der Waals surface area contributed by atoms with E-state index in [0.29, 0.717) is 17.9 Å². The number of aliphatic hydroxyl groups is 2. The average Bonchev–Trinajstić information content (AvgIpc) is 1.82. The molecule has 0 fully saturated rings. The van der Waals surface area contributed by atoms with Crippen molar-refractivity contribution < 1.29 is 10.2 Å². The summed E-state index contributed by atoms with van der Waals surface area (Å²) >= 11 is 0. The largest absolute Gasteiger partial charge is 0.396 e. The zero-order valence-electron chi connectivity index (χ0n) is 10.9. The summed E-state index contributed by atoms with van der Waals surface area (Å²) in [5.41, 5.74) is -0.200. The molecule has 0 unspecified atom stereocenters. The molecule has 0 saturated heterocycles. The predicted octanol–water partition coefficient (Wildman–Crippen LogP) is 2.83. The number of hydrogen-bond donors (Lipinski definition) is 2. The second-order valence-corrected chi connectivity index (χ2v) is 5.84. The van der Waals surface area contributed by atoms with Crippen molar-refractivity contribution in [2.75, 3.05) is 6.61 Å². The Bertz CT molecular complexity index is 126. The molecule has 0 bridgehead atoms. The summed E-state index contributed by atoms with van der Waals surface area (Å²) in [5, 5.41) is 17.5. The first-order chi connectivity index (χ1) is 6.00. The Kier molecular flexibility index (Phi) is 7.49. The molecule has 2 N–H and O–H groups in total. The van der Waals surface area contributed by atoms with Gasteiger partial charge in [-0.1, -0.05) is 34.6 Å². The molecule has 0 spiro atoms. The normalized spacial score (nSPS) is 12.4. The molecule has 0 saturated carbocycles. The van der Waals surface area contributed by atoms with Gasteiger partial charge in [0.05, 0.1) is 5.60 Å². The summed E-state index contributed by atoms with van der Waals surface area (Å²) in [4.78, 5) is 0. The van der Waals surface area contributed by atoms with Gasteiger partial charge in [0.15, 0.2) is 0 Å². The molecule has 2 nitrogen and oxygen atoms in total. The molecule has 2 heteroatoms. The molecule has 0 aromatic rings. The molecule has 0 heterocycles. The summed E-state index contributed by atoms with van der Waals surface area (Å²) in [5.74, 6) is 0.354. The molecule has 0 aromatic carbocycles. The first-order valence-electron chi connectivity index (χ1n) is 5.34. The van der Waals surface area contributed by atoms with Crippen molar-refractivity contribution in [3.63, 3.8) is 0 Å². The third-order valence-corrected chi connectivity index (χ3v) is 2.27. The zero-order chi connectivity index (χ0) is 12.0. The SMILES string of the molecule is CC(C)(C)CCO.CC(C)C(C)(C)O. The quantitative estimate of drug-likeness (QED) is 0.726. The van der Waals surface area contributed by atoms with Crippen LogP contribution in [0.5, 0.6) is 0 Å². The van der Waals surface area contributed by atoms with Crippen molar-refractivity contribution in [1.29, 1.82) is 0 Å². The van der Waals surface area contributed by atoms with E-state index >= 15 is 0 Å². The first-order valence-corrected chi connectivity index (χ1v) is 5.34. The smallest absolute Gasteiger partial charge is 0.0614 e. The van der Waals surface area contributed by atoms with E-state index in [0.717, 1.165) is 6.42 Å². The van der Waals surface area contributed by atoms with Crippen LogP contribution in [0.1, 0.15) is 54.9 Å². The van der Waals surface area contributed by atoms with Gasteiger partial charge in [-0.05, 0) is 31.6 Å². The van der Waals surface area contributed by atoms with Gasteiger partial charge in [-0.2, -0.15) is 0 Å². The molecule has 0 radical (unpaired) electrons. The fourth-order valence-electron chi connectivity index (χ4n) is 0.335. The van der Waals surface area contributed by atoms with Gasteiger partial charge in [0.1, 0.15) is 0 Å². The van der Waals surface area contributed by atoms with Crippen molar-refractivity contribution in [1.82, 2.24) is 0 Å². The van der Waals surface area contributed by atoms with E-state index < -0.39 is 5.60 Å². The van der Waals surface area contributed by atoms with Crippen LogP contribution < -0.4 is 0 Å². The highest BCUT2D eigenvalue weighted by atomic mass is 16.3. The van der Waals surface area contributed by atoms with Crippen LogP contribution in [0.15, 0.2) is 0 Å². The topological polar surface area (TPSA) is 40.5 Å². The molecule has 88 valence electrons. The second-order valence-electron chi connectivity index (χ2n) is 5.84. The van der Waals surface area contributed by atoms with Gasteiger partial charge < -0.3 is 10.2 Å². The Morgan fingerprint density at radius 3 is 1.29 bits per heavy atom. The lowest BCUT2D eigenvalue weighted by molar-refractivity contribution is 0.0327. The summed E-state index contributed by atoms with van der Waals surface area (Å²) in [7, 11) is 0. The molecule has 0 rings (SSSR count). The van der Waals surface area contributed by atoms with Gasteiger partial charge >= 0.3 is 0 Å². The minimum Gasteiger partial charge on any atom is -0.396 e. The van der Waals surface area contributed by atoms with Crippen LogP contribution in [-0.2, 0) is 0 Å². The summed E-state index contributed by atoms with van der Waals surface area (Å²) < 4.78 is 0. The monoisotopic (exact) mass is 204 g/mol. The van der Waals surface area contributed by atoms with Crippen LogP contribution >= 0.6 is 0 Å². The van der Waals surface area contributed by atoms with Crippen molar-refractivity contribution >= 4 is 0 Å². The van der Waals surface area contributed by atoms with Crippen LogP contribution in [0, 0.1) is 11.3 Å². The molecule has 0 aliphatic rings. The minimum absolute atomic E-state index is 0.300. The predicted molar refractivity (Wildman–Crippen MR) is 62.3 cm³/mol. The van der Waals surface area contributed by atoms with Gasteiger partial charge in [-0.25, -0.2) is 0 Å². The van der Waals surface area contributed by atoms with E-state index in [-0.39, 0.29) is 0 Å². The standard InChI is InChI=1S/2C6H14O/c1-6(2,3)4-5-7;1-5(2)6(3,4)7/h7H,4-5H2,1-3H3;5,7H,1-4H3. The fourth-order valence-corrected chi connectivity index (χ4v) is 0.335. The zero-order valence-corrected chi connectivity index (χ0v) is 10.9. The molecule has 0 atom stereocenters. The van der Waals surface area contributed by atoms with Crippen LogP contribution in [0.4, 0.5) is 0 Å². The van der Waals surface area contributed by atoms with Crippen molar-refractivity contribution in [3.05, 3.63) is 0 Å². The summed E-state index contributed by atoms with van der Waals surface area (Å²) in [6.45, 7) is 14.3.